The molecule has 13 heavy (non-hydrogen) atoms. The Labute approximate surface area is 83.9 Å². The van der Waals surface area contributed by atoms with Crippen molar-refractivity contribution in [3.8, 4) is 0 Å². The number of rotatable bonds is 7. The lowest BCUT2D eigenvalue weighted by Gasteiger charge is -2.03. The van der Waals surface area contributed by atoms with Crippen LogP contribution in [-0.4, -0.2) is 19.8 Å². The first-order valence-electron chi connectivity index (χ1n) is 4.74. The second-order valence-electron chi connectivity index (χ2n) is 2.87. The summed E-state index contributed by atoms with van der Waals surface area (Å²) < 4.78 is 5.34. The van der Waals surface area contributed by atoms with Crippen LogP contribution in [0.5, 0.6) is 0 Å². The lowest BCUT2D eigenvalue weighted by Crippen LogP contribution is -2.18. The molecule has 1 rings (SSSR count). The van der Waals surface area contributed by atoms with E-state index in [0.717, 1.165) is 32.7 Å². The fourth-order valence-corrected chi connectivity index (χ4v) is 1.69. The van der Waals surface area contributed by atoms with Crippen LogP contribution in [0.15, 0.2) is 17.5 Å². The molecule has 0 spiro atoms. The van der Waals surface area contributed by atoms with Crippen molar-refractivity contribution < 1.29 is 4.74 Å². The third-order valence-corrected chi connectivity index (χ3v) is 2.53. The monoisotopic (exact) mass is 199 g/mol. The summed E-state index contributed by atoms with van der Waals surface area (Å²) in [5.41, 5.74) is 0. The first-order chi connectivity index (χ1) is 6.43. The molecule has 0 saturated heterocycles. The first-order valence-corrected chi connectivity index (χ1v) is 5.62. The maximum Gasteiger partial charge on any atom is 0.0591 e. The molecular formula is C10H17NOS. The molecule has 0 aliphatic carbocycles. The zero-order chi connectivity index (χ0) is 9.36. The predicted octanol–water partition coefficient (Wildman–Crippen LogP) is 2.26. The predicted molar refractivity (Wildman–Crippen MR) is 57.1 cm³/mol. The lowest BCUT2D eigenvalue weighted by atomic mass is 10.4. The van der Waals surface area contributed by atoms with Gasteiger partial charge in [-0.3, -0.25) is 0 Å². The zero-order valence-electron chi connectivity index (χ0n) is 8.08. The Bertz CT molecular complexity index is 199. The Morgan fingerprint density at radius 3 is 3.08 bits per heavy atom. The van der Waals surface area contributed by atoms with Crippen LogP contribution in [0, 0.1) is 0 Å². The second-order valence-corrected chi connectivity index (χ2v) is 3.90. The van der Waals surface area contributed by atoms with Gasteiger partial charge in [0.15, 0.2) is 0 Å². The highest BCUT2D eigenvalue weighted by atomic mass is 32.1. The van der Waals surface area contributed by atoms with E-state index in [-0.39, 0.29) is 0 Å². The van der Waals surface area contributed by atoms with Crippen molar-refractivity contribution in [3.63, 3.8) is 0 Å². The average Bonchev–Trinajstić information content (AvgIpc) is 2.63. The van der Waals surface area contributed by atoms with Gasteiger partial charge in [0, 0.05) is 24.6 Å². The second kappa shape index (κ2) is 7.06. The molecule has 0 atom stereocenters. The summed E-state index contributed by atoms with van der Waals surface area (Å²) in [6, 6.07) is 4.22. The Morgan fingerprint density at radius 2 is 2.38 bits per heavy atom. The molecule has 3 heteroatoms. The summed E-state index contributed by atoms with van der Waals surface area (Å²) in [4.78, 5) is 1.38. The molecule has 1 N–H and O–H groups in total. The van der Waals surface area contributed by atoms with E-state index in [1.54, 1.807) is 11.3 Å². The number of nitrogens with one attached hydrogen (secondary N) is 1. The Kier molecular flexibility index (Phi) is 5.81. The van der Waals surface area contributed by atoms with Gasteiger partial charge in [0.25, 0.3) is 0 Å². The first kappa shape index (κ1) is 10.7. The van der Waals surface area contributed by atoms with Crippen molar-refractivity contribution >= 4 is 11.3 Å². The highest BCUT2D eigenvalue weighted by Crippen LogP contribution is 2.06. The number of hydrogen-bond donors (Lipinski definition) is 1. The smallest absolute Gasteiger partial charge is 0.0591 e. The van der Waals surface area contributed by atoms with Crippen molar-refractivity contribution in [1.29, 1.82) is 0 Å². The maximum absolute atomic E-state index is 5.34. The van der Waals surface area contributed by atoms with Gasteiger partial charge in [-0.15, -0.1) is 11.3 Å². The van der Waals surface area contributed by atoms with E-state index in [4.69, 9.17) is 4.74 Å². The van der Waals surface area contributed by atoms with E-state index in [0.29, 0.717) is 0 Å². The molecule has 0 saturated carbocycles. The van der Waals surface area contributed by atoms with Gasteiger partial charge >= 0.3 is 0 Å². The molecule has 0 aliphatic heterocycles. The minimum Gasteiger partial charge on any atom is -0.380 e. The van der Waals surface area contributed by atoms with Crippen LogP contribution in [-0.2, 0) is 11.3 Å². The van der Waals surface area contributed by atoms with Gasteiger partial charge in [-0.2, -0.15) is 0 Å². The fraction of sp³-hybridized carbons (Fsp3) is 0.600. The van der Waals surface area contributed by atoms with E-state index < -0.39 is 0 Å². The minimum absolute atomic E-state index is 0.819. The summed E-state index contributed by atoms with van der Waals surface area (Å²) in [7, 11) is 0. The highest BCUT2D eigenvalue weighted by molar-refractivity contribution is 7.09. The molecule has 2 nitrogen and oxygen atoms in total. The molecule has 0 bridgehead atoms. The molecule has 1 aromatic rings. The molecule has 0 fully saturated rings. The molecule has 0 aromatic carbocycles. The third-order valence-electron chi connectivity index (χ3n) is 1.65. The molecule has 0 unspecified atom stereocenters. The third kappa shape index (κ3) is 5.03. The van der Waals surface area contributed by atoms with Gasteiger partial charge in [0.05, 0.1) is 6.61 Å². The van der Waals surface area contributed by atoms with Crippen molar-refractivity contribution in [1.82, 2.24) is 5.32 Å². The van der Waals surface area contributed by atoms with Gasteiger partial charge in [0.1, 0.15) is 0 Å². The van der Waals surface area contributed by atoms with Gasteiger partial charge in [0.2, 0.25) is 0 Å². The average molecular weight is 199 g/mol. The summed E-state index contributed by atoms with van der Waals surface area (Å²) in [5, 5.41) is 5.43. The SMILES string of the molecule is CCCOCCNCc1cccs1. The summed E-state index contributed by atoms with van der Waals surface area (Å²) in [6.07, 6.45) is 1.10. The summed E-state index contributed by atoms with van der Waals surface area (Å²) in [6.45, 7) is 5.73. The van der Waals surface area contributed by atoms with E-state index in [1.807, 2.05) is 0 Å². The Balaban J connectivity index is 1.90. The molecule has 74 valence electrons. The highest BCUT2D eigenvalue weighted by Gasteiger charge is 1.91. The number of ether oxygens (including phenoxy) is 1. The lowest BCUT2D eigenvalue weighted by molar-refractivity contribution is 0.136. The van der Waals surface area contributed by atoms with Crippen LogP contribution in [0.2, 0.25) is 0 Å². The van der Waals surface area contributed by atoms with Crippen molar-refractivity contribution in [2.24, 2.45) is 0 Å². The Morgan fingerprint density at radius 1 is 1.46 bits per heavy atom. The molecular weight excluding hydrogens is 182 g/mol. The molecule has 0 amide bonds. The van der Waals surface area contributed by atoms with E-state index in [1.165, 1.54) is 4.88 Å². The largest absolute Gasteiger partial charge is 0.380 e. The standard InChI is InChI=1S/C10H17NOS/c1-2-6-12-7-5-11-9-10-4-3-8-13-10/h3-4,8,11H,2,5-7,9H2,1H3. The minimum atomic E-state index is 0.819. The molecule has 0 aliphatic rings. The van der Waals surface area contributed by atoms with Crippen molar-refractivity contribution in [3.05, 3.63) is 22.4 Å². The van der Waals surface area contributed by atoms with Gasteiger partial charge < -0.3 is 10.1 Å². The van der Waals surface area contributed by atoms with Crippen LogP contribution in [0.4, 0.5) is 0 Å². The van der Waals surface area contributed by atoms with Crippen LogP contribution >= 0.6 is 11.3 Å². The van der Waals surface area contributed by atoms with Gasteiger partial charge in [-0.1, -0.05) is 13.0 Å². The van der Waals surface area contributed by atoms with Gasteiger partial charge in [-0.25, -0.2) is 0 Å². The van der Waals surface area contributed by atoms with E-state index >= 15 is 0 Å². The van der Waals surface area contributed by atoms with Crippen LogP contribution < -0.4 is 5.32 Å². The zero-order valence-corrected chi connectivity index (χ0v) is 8.90. The van der Waals surface area contributed by atoms with Crippen LogP contribution in [0.3, 0.4) is 0 Å². The summed E-state index contributed by atoms with van der Waals surface area (Å²) >= 11 is 1.79. The number of thiophene rings is 1. The molecule has 1 heterocycles. The fourth-order valence-electron chi connectivity index (χ4n) is 1.02. The van der Waals surface area contributed by atoms with Crippen LogP contribution in [0.25, 0.3) is 0 Å². The molecule has 0 radical (unpaired) electrons. The Hall–Kier alpha value is -0.380. The van der Waals surface area contributed by atoms with Crippen LogP contribution in [0.1, 0.15) is 18.2 Å². The maximum atomic E-state index is 5.34. The number of hydrogen-bond acceptors (Lipinski definition) is 3. The summed E-state index contributed by atoms with van der Waals surface area (Å²) in [5.74, 6) is 0. The topological polar surface area (TPSA) is 21.3 Å². The van der Waals surface area contributed by atoms with Gasteiger partial charge in [-0.05, 0) is 17.9 Å². The van der Waals surface area contributed by atoms with E-state index in [9.17, 15) is 0 Å². The van der Waals surface area contributed by atoms with Crippen molar-refractivity contribution in [2.75, 3.05) is 19.8 Å². The molecule has 1 aromatic heterocycles. The normalized spacial score (nSPS) is 10.5. The van der Waals surface area contributed by atoms with Crippen molar-refractivity contribution in [2.45, 2.75) is 19.9 Å². The van der Waals surface area contributed by atoms with E-state index in [2.05, 4.69) is 29.8 Å². The quantitative estimate of drug-likeness (QED) is 0.680.